The second kappa shape index (κ2) is 5.31. The van der Waals surface area contributed by atoms with E-state index in [1.165, 1.54) is 0 Å². The molecule has 1 aliphatic heterocycles. The van der Waals surface area contributed by atoms with E-state index in [-0.39, 0.29) is 17.7 Å². The Morgan fingerprint density at radius 3 is 2.75 bits per heavy atom. The molecule has 5 nitrogen and oxygen atoms in total. The minimum Gasteiger partial charge on any atom is -0.444 e. The molecule has 20 heavy (non-hydrogen) atoms. The van der Waals surface area contributed by atoms with Crippen molar-refractivity contribution in [3.63, 3.8) is 0 Å². The van der Waals surface area contributed by atoms with Gasteiger partial charge in [-0.1, -0.05) is 6.07 Å². The summed E-state index contributed by atoms with van der Waals surface area (Å²) in [5, 5.41) is 0. The van der Waals surface area contributed by atoms with E-state index >= 15 is 0 Å². The van der Waals surface area contributed by atoms with Crippen LogP contribution in [-0.4, -0.2) is 34.3 Å². The SMILES string of the molecule is Cc1cccn(C2CCN(C(=O)OC(C)(C)C)C2)c1=O. The van der Waals surface area contributed by atoms with Gasteiger partial charge in [0.05, 0.1) is 6.04 Å². The molecule has 0 N–H and O–H groups in total. The fourth-order valence-corrected chi connectivity index (χ4v) is 2.37. The van der Waals surface area contributed by atoms with Gasteiger partial charge in [0.2, 0.25) is 0 Å². The van der Waals surface area contributed by atoms with Crippen molar-refractivity contribution in [3.05, 3.63) is 34.2 Å². The number of amides is 1. The maximum Gasteiger partial charge on any atom is 0.410 e. The van der Waals surface area contributed by atoms with Crippen LogP contribution in [0.25, 0.3) is 0 Å². The van der Waals surface area contributed by atoms with Crippen LogP contribution >= 0.6 is 0 Å². The van der Waals surface area contributed by atoms with Crippen molar-refractivity contribution < 1.29 is 9.53 Å². The van der Waals surface area contributed by atoms with Crippen molar-refractivity contribution in [2.45, 2.75) is 45.8 Å². The number of ether oxygens (including phenoxy) is 1. The van der Waals surface area contributed by atoms with Gasteiger partial charge in [-0.2, -0.15) is 0 Å². The molecule has 1 unspecified atom stereocenters. The molecule has 1 atom stereocenters. The Balaban J connectivity index is 2.08. The maximum absolute atomic E-state index is 12.1. The molecule has 1 saturated heterocycles. The molecule has 1 fully saturated rings. The summed E-state index contributed by atoms with van der Waals surface area (Å²) < 4.78 is 7.08. The molecule has 0 aliphatic carbocycles. The molecule has 2 rings (SSSR count). The Morgan fingerprint density at radius 2 is 2.10 bits per heavy atom. The average molecular weight is 278 g/mol. The molecule has 0 saturated carbocycles. The van der Waals surface area contributed by atoms with Gasteiger partial charge in [0, 0.05) is 24.8 Å². The minimum atomic E-state index is -0.491. The van der Waals surface area contributed by atoms with Gasteiger partial charge in [-0.25, -0.2) is 4.79 Å². The van der Waals surface area contributed by atoms with Crippen LogP contribution in [-0.2, 0) is 4.74 Å². The fourth-order valence-electron chi connectivity index (χ4n) is 2.37. The van der Waals surface area contributed by atoms with Crippen LogP contribution in [0.2, 0.25) is 0 Å². The summed E-state index contributed by atoms with van der Waals surface area (Å²) in [6, 6.07) is 3.71. The highest BCUT2D eigenvalue weighted by Gasteiger charge is 2.30. The molecular formula is C15H22N2O3. The topological polar surface area (TPSA) is 51.5 Å². The van der Waals surface area contributed by atoms with E-state index in [1.807, 2.05) is 26.8 Å². The second-order valence-corrected chi connectivity index (χ2v) is 6.27. The van der Waals surface area contributed by atoms with Gasteiger partial charge in [-0.05, 0) is 40.2 Å². The van der Waals surface area contributed by atoms with E-state index in [0.717, 1.165) is 12.0 Å². The zero-order valence-corrected chi connectivity index (χ0v) is 12.5. The summed E-state index contributed by atoms with van der Waals surface area (Å²) >= 11 is 0. The van der Waals surface area contributed by atoms with Crippen LogP contribution in [0.5, 0.6) is 0 Å². The van der Waals surface area contributed by atoms with Crippen molar-refractivity contribution in [1.29, 1.82) is 0 Å². The van der Waals surface area contributed by atoms with E-state index in [9.17, 15) is 9.59 Å². The summed E-state index contributed by atoms with van der Waals surface area (Å²) in [6.07, 6.45) is 2.27. The minimum absolute atomic E-state index is 0.0172. The summed E-state index contributed by atoms with van der Waals surface area (Å²) in [6.45, 7) is 8.51. The van der Waals surface area contributed by atoms with Gasteiger partial charge in [0.15, 0.2) is 0 Å². The van der Waals surface area contributed by atoms with Gasteiger partial charge in [0.25, 0.3) is 5.56 Å². The molecular weight excluding hydrogens is 256 g/mol. The van der Waals surface area contributed by atoms with Crippen LogP contribution in [0.1, 0.15) is 38.8 Å². The normalized spacial score (nSPS) is 19.2. The zero-order chi connectivity index (χ0) is 14.9. The Kier molecular flexibility index (Phi) is 3.88. The molecule has 1 aromatic rings. The second-order valence-electron chi connectivity index (χ2n) is 6.27. The Bertz CT molecular complexity index is 557. The molecule has 1 amide bonds. The summed E-state index contributed by atoms with van der Waals surface area (Å²) in [5.41, 5.74) is 0.252. The molecule has 5 heteroatoms. The monoisotopic (exact) mass is 278 g/mol. The number of rotatable bonds is 1. The van der Waals surface area contributed by atoms with E-state index in [4.69, 9.17) is 4.74 Å². The van der Waals surface area contributed by atoms with Gasteiger partial charge in [0.1, 0.15) is 5.60 Å². The number of hydrogen-bond donors (Lipinski definition) is 0. The third-order valence-electron chi connectivity index (χ3n) is 3.37. The fraction of sp³-hybridized carbons (Fsp3) is 0.600. The van der Waals surface area contributed by atoms with Gasteiger partial charge in [-0.15, -0.1) is 0 Å². The Morgan fingerprint density at radius 1 is 1.40 bits per heavy atom. The molecule has 1 aromatic heterocycles. The van der Waals surface area contributed by atoms with Crippen molar-refractivity contribution in [2.24, 2.45) is 0 Å². The standard InChI is InChI=1S/C15H22N2O3/c1-11-6-5-8-17(13(11)18)12-7-9-16(10-12)14(19)20-15(2,3)4/h5-6,8,12H,7,9-10H2,1-4H3. The average Bonchev–Trinajstić information content (AvgIpc) is 2.80. The van der Waals surface area contributed by atoms with Crippen molar-refractivity contribution >= 4 is 6.09 Å². The molecule has 1 aliphatic rings. The molecule has 0 spiro atoms. The highest BCUT2D eigenvalue weighted by molar-refractivity contribution is 5.68. The number of carbonyl (C=O) groups is 1. The van der Waals surface area contributed by atoms with Crippen molar-refractivity contribution in [3.8, 4) is 0 Å². The first-order valence-electron chi connectivity index (χ1n) is 6.93. The Labute approximate surface area is 119 Å². The third kappa shape index (κ3) is 3.21. The highest BCUT2D eigenvalue weighted by atomic mass is 16.6. The smallest absolute Gasteiger partial charge is 0.410 e. The highest BCUT2D eigenvalue weighted by Crippen LogP contribution is 2.22. The molecule has 2 heterocycles. The van der Waals surface area contributed by atoms with Crippen LogP contribution in [0.15, 0.2) is 23.1 Å². The quantitative estimate of drug-likeness (QED) is 0.792. The lowest BCUT2D eigenvalue weighted by Gasteiger charge is -2.24. The number of carbonyl (C=O) groups excluding carboxylic acids is 1. The van der Waals surface area contributed by atoms with Crippen molar-refractivity contribution in [2.75, 3.05) is 13.1 Å². The van der Waals surface area contributed by atoms with E-state index < -0.39 is 5.60 Å². The maximum atomic E-state index is 12.1. The predicted octanol–water partition coefficient (Wildman–Crippen LogP) is 2.34. The van der Waals surface area contributed by atoms with Gasteiger partial charge < -0.3 is 14.2 Å². The lowest BCUT2D eigenvalue weighted by Crippen LogP contribution is -2.36. The third-order valence-corrected chi connectivity index (χ3v) is 3.37. The first-order valence-corrected chi connectivity index (χ1v) is 6.93. The zero-order valence-electron chi connectivity index (χ0n) is 12.5. The van der Waals surface area contributed by atoms with Gasteiger partial charge in [-0.3, -0.25) is 4.79 Å². The Hall–Kier alpha value is -1.78. The number of aryl methyl sites for hydroxylation is 1. The molecule has 0 radical (unpaired) electrons. The number of aromatic nitrogens is 1. The van der Waals surface area contributed by atoms with E-state index in [1.54, 1.807) is 28.7 Å². The van der Waals surface area contributed by atoms with Crippen molar-refractivity contribution in [1.82, 2.24) is 9.47 Å². The van der Waals surface area contributed by atoms with Crippen LogP contribution < -0.4 is 5.56 Å². The molecule has 0 bridgehead atoms. The van der Waals surface area contributed by atoms with Crippen LogP contribution in [0, 0.1) is 6.92 Å². The summed E-state index contributed by atoms with van der Waals surface area (Å²) in [4.78, 5) is 25.8. The first kappa shape index (κ1) is 14.6. The predicted molar refractivity (Wildman–Crippen MR) is 76.9 cm³/mol. The number of likely N-dealkylation sites (tertiary alicyclic amines) is 1. The molecule has 110 valence electrons. The van der Waals surface area contributed by atoms with Gasteiger partial charge >= 0.3 is 6.09 Å². The number of hydrogen-bond acceptors (Lipinski definition) is 3. The van der Waals surface area contributed by atoms with E-state index in [0.29, 0.717) is 13.1 Å². The lowest BCUT2D eigenvalue weighted by atomic mass is 10.2. The molecule has 0 aromatic carbocycles. The van der Waals surface area contributed by atoms with Crippen LogP contribution in [0.4, 0.5) is 4.79 Å². The first-order chi connectivity index (χ1) is 9.28. The summed E-state index contributed by atoms with van der Waals surface area (Å²) in [7, 11) is 0. The number of pyridine rings is 1. The summed E-state index contributed by atoms with van der Waals surface area (Å²) in [5.74, 6) is 0. The van der Waals surface area contributed by atoms with Crippen LogP contribution in [0.3, 0.4) is 0 Å². The lowest BCUT2D eigenvalue weighted by molar-refractivity contribution is 0.0289. The number of nitrogens with zero attached hydrogens (tertiary/aromatic N) is 2. The largest absolute Gasteiger partial charge is 0.444 e. The van der Waals surface area contributed by atoms with E-state index in [2.05, 4.69) is 0 Å².